The van der Waals surface area contributed by atoms with E-state index in [1.54, 1.807) is 0 Å². The molecule has 0 amide bonds. The van der Waals surface area contributed by atoms with Crippen LogP contribution in [-0.4, -0.2) is 62.2 Å². The number of likely N-dealkylation sites (N-methyl/N-ethyl adjacent to an activating group) is 1. The van der Waals surface area contributed by atoms with Gasteiger partial charge in [-0.3, -0.25) is 0 Å². The number of rotatable bonds is 6. The highest BCUT2D eigenvalue weighted by molar-refractivity contribution is 4.83. The molecular weight excluding hydrogens is 194 g/mol. The van der Waals surface area contributed by atoms with Crippen LogP contribution in [0.5, 0.6) is 0 Å². The molecule has 4 heteroatoms. The van der Waals surface area contributed by atoms with Gasteiger partial charge in [-0.25, -0.2) is 0 Å². The summed E-state index contributed by atoms with van der Waals surface area (Å²) in [6.45, 7) is 6.42. The summed E-state index contributed by atoms with van der Waals surface area (Å²) in [7, 11) is 2.02. The molecule has 0 aromatic carbocycles. The molecule has 0 aliphatic carbocycles. The summed E-state index contributed by atoms with van der Waals surface area (Å²) < 4.78 is 10.5. The Morgan fingerprint density at radius 1 is 1.40 bits per heavy atom. The van der Waals surface area contributed by atoms with Crippen LogP contribution < -0.4 is 0 Å². The van der Waals surface area contributed by atoms with Crippen molar-refractivity contribution in [2.75, 3.05) is 46.6 Å². The number of hydrogen-bond acceptors (Lipinski definition) is 4. The van der Waals surface area contributed by atoms with Gasteiger partial charge in [0.2, 0.25) is 0 Å². The largest absolute Gasteiger partial charge is 0.388 e. The lowest BCUT2D eigenvalue weighted by Gasteiger charge is -2.35. The molecule has 1 rings (SSSR count). The van der Waals surface area contributed by atoms with E-state index in [1.807, 2.05) is 14.0 Å². The molecule has 0 unspecified atom stereocenters. The molecule has 15 heavy (non-hydrogen) atoms. The van der Waals surface area contributed by atoms with E-state index in [0.717, 1.165) is 32.6 Å². The fraction of sp³-hybridized carbons (Fsp3) is 1.00. The predicted molar refractivity (Wildman–Crippen MR) is 59.0 cm³/mol. The summed E-state index contributed by atoms with van der Waals surface area (Å²) in [6, 6.07) is 0. The van der Waals surface area contributed by atoms with Gasteiger partial charge in [0.15, 0.2) is 0 Å². The van der Waals surface area contributed by atoms with Gasteiger partial charge in [0, 0.05) is 45.8 Å². The first-order chi connectivity index (χ1) is 7.16. The SMILES string of the molecule is CCOCCN(C)CC1(O)CCOCC1. The predicted octanol–water partition coefficient (Wildman–Crippen LogP) is 0.496. The van der Waals surface area contributed by atoms with Crippen LogP contribution in [0.25, 0.3) is 0 Å². The third kappa shape index (κ3) is 4.93. The molecule has 4 nitrogen and oxygen atoms in total. The molecular formula is C11H23NO3. The lowest BCUT2D eigenvalue weighted by atomic mass is 9.94. The van der Waals surface area contributed by atoms with E-state index >= 15 is 0 Å². The minimum absolute atomic E-state index is 0.556. The van der Waals surface area contributed by atoms with Crippen LogP contribution in [0.3, 0.4) is 0 Å². The molecule has 0 spiro atoms. The summed E-state index contributed by atoms with van der Waals surface area (Å²) >= 11 is 0. The van der Waals surface area contributed by atoms with Crippen LogP contribution in [0.15, 0.2) is 0 Å². The van der Waals surface area contributed by atoms with Crippen molar-refractivity contribution in [2.24, 2.45) is 0 Å². The normalized spacial score (nSPS) is 20.8. The zero-order valence-electron chi connectivity index (χ0n) is 9.87. The summed E-state index contributed by atoms with van der Waals surface area (Å²) in [6.07, 6.45) is 1.48. The number of hydrogen-bond donors (Lipinski definition) is 1. The maximum absolute atomic E-state index is 10.2. The van der Waals surface area contributed by atoms with Crippen molar-refractivity contribution in [3.8, 4) is 0 Å². The monoisotopic (exact) mass is 217 g/mol. The molecule has 0 aromatic heterocycles. The Labute approximate surface area is 92.2 Å². The van der Waals surface area contributed by atoms with Crippen molar-refractivity contribution in [1.29, 1.82) is 0 Å². The van der Waals surface area contributed by atoms with E-state index in [-0.39, 0.29) is 0 Å². The molecule has 1 heterocycles. The third-order valence-electron chi connectivity index (χ3n) is 2.81. The molecule has 0 atom stereocenters. The van der Waals surface area contributed by atoms with Gasteiger partial charge in [-0.05, 0) is 14.0 Å². The summed E-state index contributed by atoms with van der Waals surface area (Å²) in [4.78, 5) is 2.13. The fourth-order valence-electron chi connectivity index (χ4n) is 1.86. The maximum atomic E-state index is 10.2. The van der Waals surface area contributed by atoms with Crippen LogP contribution in [-0.2, 0) is 9.47 Å². The van der Waals surface area contributed by atoms with Crippen molar-refractivity contribution in [1.82, 2.24) is 4.90 Å². The third-order valence-corrected chi connectivity index (χ3v) is 2.81. The van der Waals surface area contributed by atoms with E-state index in [4.69, 9.17) is 9.47 Å². The van der Waals surface area contributed by atoms with Crippen LogP contribution in [0.1, 0.15) is 19.8 Å². The summed E-state index contributed by atoms with van der Waals surface area (Å²) in [5, 5.41) is 10.2. The van der Waals surface area contributed by atoms with Gasteiger partial charge < -0.3 is 19.5 Å². The molecule has 0 aromatic rings. The highest BCUT2D eigenvalue weighted by Crippen LogP contribution is 2.20. The van der Waals surface area contributed by atoms with Gasteiger partial charge in [-0.15, -0.1) is 0 Å². The van der Waals surface area contributed by atoms with Crippen LogP contribution in [0, 0.1) is 0 Å². The van der Waals surface area contributed by atoms with Gasteiger partial charge in [0.1, 0.15) is 0 Å². The molecule has 0 radical (unpaired) electrons. The average molecular weight is 217 g/mol. The van der Waals surface area contributed by atoms with Crippen LogP contribution in [0.4, 0.5) is 0 Å². The number of aliphatic hydroxyl groups is 1. The quantitative estimate of drug-likeness (QED) is 0.658. The zero-order chi connectivity index (χ0) is 11.1. The fourth-order valence-corrected chi connectivity index (χ4v) is 1.86. The van der Waals surface area contributed by atoms with Crippen molar-refractivity contribution < 1.29 is 14.6 Å². The first-order valence-electron chi connectivity index (χ1n) is 5.73. The second-order valence-electron chi connectivity index (χ2n) is 4.27. The minimum atomic E-state index is -0.556. The number of ether oxygens (including phenoxy) is 2. The first-order valence-corrected chi connectivity index (χ1v) is 5.73. The Morgan fingerprint density at radius 2 is 2.07 bits per heavy atom. The van der Waals surface area contributed by atoms with E-state index in [9.17, 15) is 5.11 Å². The van der Waals surface area contributed by atoms with E-state index in [2.05, 4.69) is 4.90 Å². The lowest BCUT2D eigenvalue weighted by molar-refractivity contribution is -0.0784. The van der Waals surface area contributed by atoms with Crippen LogP contribution >= 0.6 is 0 Å². The molecule has 1 aliphatic heterocycles. The molecule has 90 valence electrons. The molecule has 1 fully saturated rings. The summed E-state index contributed by atoms with van der Waals surface area (Å²) in [5.74, 6) is 0. The van der Waals surface area contributed by atoms with Gasteiger partial charge in [-0.1, -0.05) is 0 Å². The Kier molecular flexibility index (Phi) is 5.53. The minimum Gasteiger partial charge on any atom is -0.388 e. The van der Waals surface area contributed by atoms with Crippen molar-refractivity contribution in [3.63, 3.8) is 0 Å². The Morgan fingerprint density at radius 3 is 2.67 bits per heavy atom. The van der Waals surface area contributed by atoms with E-state index in [1.165, 1.54) is 0 Å². The Hall–Kier alpha value is -0.160. The number of nitrogens with zero attached hydrogens (tertiary/aromatic N) is 1. The van der Waals surface area contributed by atoms with Crippen molar-refractivity contribution in [2.45, 2.75) is 25.4 Å². The second kappa shape index (κ2) is 6.43. The molecule has 1 N–H and O–H groups in total. The van der Waals surface area contributed by atoms with Gasteiger partial charge in [0.25, 0.3) is 0 Å². The van der Waals surface area contributed by atoms with Crippen LogP contribution in [0.2, 0.25) is 0 Å². The highest BCUT2D eigenvalue weighted by atomic mass is 16.5. The van der Waals surface area contributed by atoms with Gasteiger partial charge in [-0.2, -0.15) is 0 Å². The molecule has 0 saturated carbocycles. The molecule has 0 bridgehead atoms. The van der Waals surface area contributed by atoms with Gasteiger partial charge >= 0.3 is 0 Å². The topological polar surface area (TPSA) is 41.9 Å². The lowest BCUT2D eigenvalue weighted by Crippen LogP contribution is -2.46. The molecule has 1 saturated heterocycles. The first kappa shape index (κ1) is 12.9. The maximum Gasteiger partial charge on any atom is 0.0817 e. The molecule has 1 aliphatic rings. The standard InChI is InChI=1S/C11H23NO3/c1-3-14-9-6-12(2)10-11(13)4-7-15-8-5-11/h13H,3-10H2,1-2H3. The summed E-state index contributed by atoms with van der Waals surface area (Å²) in [5.41, 5.74) is -0.556. The second-order valence-corrected chi connectivity index (χ2v) is 4.27. The Balaban J connectivity index is 2.20. The van der Waals surface area contributed by atoms with Crippen molar-refractivity contribution >= 4 is 0 Å². The van der Waals surface area contributed by atoms with E-state index in [0.29, 0.717) is 19.8 Å². The smallest absolute Gasteiger partial charge is 0.0817 e. The zero-order valence-corrected chi connectivity index (χ0v) is 9.87. The van der Waals surface area contributed by atoms with E-state index < -0.39 is 5.60 Å². The van der Waals surface area contributed by atoms with Crippen molar-refractivity contribution in [3.05, 3.63) is 0 Å². The average Bonchev–Trinajstić information content (AvgIpc) is 2.18. The van der Waals surface area contributed by atoms with Gasteiger partial charge in [0.05, 0.1) is 12.2 Å². The highest BCUT2D eigenvalue weighted by Gasteiger charge is 2.30. The Bertz CT molecular complexity index is 169.